The van der Waals surface area contributed by atoms with E-state index in [9.17, 15) is 9.90 Å². The molecule has 2 aromatic rings. The van der Waals surface area contributed by atoms with Crippen molar-refractivity contribution in [2.45, 2.75) is 38.5 Å². The minimum atomic E-state index is -0.410. The predicted molar refractivity (Wildman–Crippen MR) is 99.7 cm³/mol. The standard InChI is InChI=1S/C22H24O4/c1-25-22(18-10-16(23)11-19-17(18)4-5-20(24)26-19)21-14-3-2-12-6-13(8-14)9-15(21)7-12/h4-5,10-15,23H,2-3,6-9H2,1H3/b22-21-. The maximum absolute atomic E-state index is 11.6. The van der Waals surface area contributed by atoms with Gasteiger partial charge < -0.3 is 14.3 Å². The van der Waals surface area contributed by atoms with Crippen molar-refractivity contribution in [1.82, 2.24) is 0 Å². The van der Waals surface area contributed by atoms with Gasteiger partial charge in [0.05, 0.1) is 7.11 Å². The van der Waals surface area contributed by atoms with E-state index in [0.29, 0.717) is 17.4 Å². The second-order valence-corrected chi connectivity index (χ2v) is 8.29. The van der Waals surface area contributed by atoms with Gasteiger partial charge in [-0.15, -0.1) is 0 Å². The fourth-order valence-corrected chi connectivity index (χ4v) is 5.92. The molecule has 4 aliphatic carbocycles. The number of allylic oxidation sites excluding steroid dienone is 1. The van der Waals surface area contributed by atoms with E-state index in [1.54, 1.807) is 19.2 Å². The van der Waals surface area contributed by atoms with Crippen LogP contribution in [-0.4, -0.2) is 12.2 Å². The Morgan fingerprint density at radius 2 is 1.88 bits per heavy atom. The summed E-state index contributed by atoms with van der Waals surface area (Å²) in [5, 5.41) is 11.0. The monoisotopic (exact) mass is 352 g/mol. The van der Waals surface area contributed by atoms with Crippen LogP contribution in [0.25, 0.3) is 16.7 Å². The molecule has 136 valence electrons. The zero-order chi connectivity index (χ0) is 17.8. The second-order valence-electron chi connectivity index (χ2n) is 8.29. The molecule has 4 bridgehead atoms. The summed E-state index contributed by atoms with van der Waals surface area (Å²) in [6, 6.07) is 6.46. The molecule has 1 aromatic carbocycles. The van der Waals surface area contributed by atoms with Crippen molar-refractivity contribution in [2.75, 3.05) is 7.11 Å². The zero-order valence-electron chi connectivity index (χ0n) is 15.0. The molecule has 0 aliphatic heterocycles. The van der Waals surface area contributed by atoms with Gasteiger partial charge in [0.1, 0.15) is 17.1 Å². The van der Waals surface area contributed by atoms with Crippen LogP contribution in [0.3, 0.4) is 0 Å². The van der Waals surface area contributed by atoms with Crippen LogP contribution in [0.15, 0.2) is 39.1 Å². The topological polar surface area (TPSA) is 59.7 Å². The van der Waals surface area contributed by atoms with Crippen LogP contribution in [0.4, 0.5) is 0 Å². The van der Waals surface area contributed by atoms with Crippen molar-refractivity contribution in [1.29, 1.82) is 0 Å². The predicted octanol–water partition coefficient (Wildman–Crippen LogP) is 4.70. The molecule has 1 N–H and O–H groups in total. The summed E-state index contributed by atoms with van der Waals surface area (Å²) in [6.07, 6.45) is 7.77. The van der Waals surface area contributed by atoms with Gasteiger partial charge in [-0.3, -0.25) is 0 Å². The molecule has 4 heteroatoms. The van der Waals surface area contributed by atoms with E-state index in [1.165, 1.54) is 56.2 Å². The first-order chi connectivity index (χ1) is 12.6. The van der Waals surface area contributed by atoms with Crippen molar-refractivity contribution >= 4 is 16.7 Å². The molecule has 0 saturated heterocycles. The van der Waals surface area contributed by atoms with Crippen LogP contribution in [0.1, 0.15) is 44.1 Å². The Labute approximate surface area is 152 Å². The highest BCUT2D eigenvalue weighted by molar-refractivity contribution is 5.91. The number of benzene rings is 1. The van der Waals surface area contributed by atoms with Crippen LogP contribution < -0.4 is 5.63 Å². The van der Waals surface area contributed by atoms with Gasteiger partial charge in [0.2, 0.25) is 0 Å². The number of fused-ring (bicyclic) bond motifs is 2. The first-order valence-electron chi connectivity index (χ1n) is 9.67. The maximum Gasteiger partial charge on any atom is 0.336 e. The number of rotatable bonds is 2. The molecular weight excluding hydrogens is 328 g/mol. The molecule has 6 rings (SSSR count). The molecule has 0 radical (unpaired) electrons. The fourth-order valence-electron chi connectivity index (χ4n) is 5.92. The zero-order valence-corrected chi connectivity index (χ0v) is 15.0. The maximum atomic E-state index is 11.6. The van der Waals surface area contributed by atoms with Crippen molar-refractivity contribution < 1.29 is 14.3 Å². The van der Waals surface area contributed by atoms with E-state index in [1.807, 2.05) is 0 Å². The summed E-state index contributed by atoms with van der Waals surface area (Å²) >= 11 is 0. The van der Waals surface area contributed by atoms with E-state index < -0.39 is 5.63 Å². The number of phenols is 1. The lowest BCUT2D eigenvalue weighted by molar-refractivity contribution is 0.180. The number of hydrogen-bond donors (Lipinski definition) is 1. The first-order valence-corrected chi connectivity index (χ1v) is 9.67. The van der Waals surface area contributed by atoms with E-state index in [0.717, 1.165) is 28.5 Å². The van der Waals surface area contributed by atoms with Gasteiger partial charge in [-0.1, -0.05) is 0 Å². The average molecular weight is 352 g/mol. The molecular formula is C22H24O4. The Morgan fingerprint density at radius 3 is 2.73 bits per heavy atom. The number of methoxy groups -OCH3 is 1. The lowest BCUT2D eigenvalue weighted by Gasteiger charge is -2.41. The molecule has 1 heterocycles. The van der Waals surface area contributed by atoms with Crippen molar-refractivity contribution in [2.24, 2.45) is 23.7 Å². The molecule has 0 amide bonds. The van der Waals surface area contributed by atoms with Crippen LogP contribution in [0.2, 0.25) is 0 Å². The molecule has 4 aliphatic rings. The Bertz CT molecular complexity index is 944. The summed E-state index contributed by atoms with van der Waals surface area (Å²) in [6.45, 7) is 0. The molecule has 4 nitrogen and oxygen atoms in total. The van der Waals surface area contributed by atoms with Crippen molar-refractivity contribution in [3.8, 4) is 5.75 Å². The molecule has 26 heavy (non-hydrogen) atoms. The SMILES string of the molecule is CO/C(=C1/C2CCC3CC(C2)CC1C3)c1cc(O)cc2oc(=O)ccc12. The summed E-state index contributed by atoms with van der Waals surface area (Å²) in [4.78, 5) is 11.6. The lowest BCUT2D eigenvalue weighted by Crippen LogP contribution is -2.30. The number of hydrogen-bond acceptors (Lipinski definition) is 4. The molecule has 1 aromatic heterocycles. The van der Waals surface area contributed by atoms with Crippen LogP contribution in [-0.2, 0) is 4.74 Å². The largest absolute Gasteiger partial charge is 0.508 e. The third-order valence-corrected chi connectivity index (χ3v) is 6.76. The number of aromatic hydroxyl groups is 1. The summed E-state index contributed by atoms with van der Waals surface area (Å²) < 4.78 is 11.3. The highest BCUT2D eigenvalue weighted by Gasteiger charge is 2.44. The summed E-state index contributed by atoms with van der Waals surface area (Å²) in [5.41, 5.74) is 2.27. The first kappa shape index (κ1) is 16.0. The minimum absolute atomic E-state index is 0.0960. The third kappa shape index (κ3) is 2.46. The van der Waals surface area contributed by atoms with Gasteiger partial charge in [0.15, 0.2) is 0 Å². The number of phenolic OH excluding ortho intramolecular Hbond substituents is 1. The van der Waals surface area contributed by atoms with Gasteiger partial charge in [-0.05, 0) is 79.9 Å². The minimum Gasteiger partial charge on any atom is -0.508 e. The van der Waals surface area contributed by atoms with Crippen LogP contribution >= 0.6 is 0 Å². The molecule has 4 fully saturated rings. The average Bonchev–Trinajstić information content (AvgIpc) is 2.82. The lowest BCUT2D eigenvalue weighted by atomic mass is 9.64. The van der Waals surface area contributed by atoms with Gasteiger partial charge in [0, 0.05) is 23.1 Å². The Hall–Kier alpha value is -2.23. The van der Waals surface area contributed by atoms with Gasteiger partial charge in [-0.2, -0.15) is 0 Å². The van der Waals surface area contributed by atoms with Crippen molar-refractivity contribution in [3.05, 3.63) is 45.8 Å². The molecule has 4 unspecified atom stereocenters. The molecule has 4 atom stereocenters. The Kier molecular flexibility index (Phi) is 3.63. The highest BCUT2D eigenvalue weighted by atomic mass is 16.5. The fraction of sp³-hybridized carbons (Fsp3) is 0.500. The number of ether oxygens (including phenoxy) is 1. The van der Waals surface area contributed by atoms with Gasteiger partial charge in [0.25, 0.3) is 0 Å². The van der Waals surface area contributed by atoms with E-state index in [2.05, 4.69) is 0 Å². The van der Waals surface area contributed by atoms with Gasteiger partial charge in [-0.25, -0.2) is 4.79 Å². The van der Waals surface area contributed by atoms with Crippen molar-refractivity contribution in [3.63, 3.8) is 0 Å². The highest BCUT2D eigenvalue weighted by Crippen LogP contribution is 2.55. The molecule has 0 spiro atoms. The van der Waals surface area contributed by atoms with E-state index in [-0.39, 0.29) is 5.75 Å². The van der Waals surface area contributed by atoms with Crippen LogP contribution in [0, 0.1) is 23.7 Å². The Balaban J connectivity index is 1.74. The second kappa shape index (κ2) is 5.90. The normalized spacial score (nSPS) is 31.9. The van der Waals surface area contributed by atoms with E-state index in [4.69, 9.17) is 9.15 Å². The summed E-state index contributed by atoms with van der Waals surface area (Å²) in [7, 11) is 1.72. The quantitative estimate of drug-likeness (QED) is 0.628. The smallest absolute Gasteiger partial charge is 0.336 e. The summed E-state index contributed by atoms with van der Waals surface area (Å²) in [5.74, 6) is 3.87. The molecule has 4 saturated carbocycles. The third-order valence-electron chi connectivity index (χ3n) is 6.76. The van der Waals surface area contributed by atoms with E-state index >= 15 is 0 Å². The Morgan fingerprint density at radius 1 is 1.08 bits per heavy atom. The van der Waals surface area contributed by atoms with Crippen LogP contribution in [0.5, 0.6) is 5.75 Å². The van der Waals surface area contributed by atoms with Gasteiger partial charge >= 0.3 is 5.63 Å².